The summed E-state index contributed by atoms with van der Waals surface area (Å²) < 4.78 is 5.27. The molecule has 2 amide bonds. The van der Waals surface area contributed by atoms with Gasteiger partial charge in [-0.25, -0.2) is 0 Å². The third-order valence-electron chi connectivity index (χ3n) is 5.81. The molecule has 164 valence electrons. The van der Waals surface area contributed by atoms with Gasteiger partial charge in [-0.3, -0.25) is 14.5 Å². The number of aryl methyl sites for hydroxylation is 1. The van der Waals surface area contributed by atoms with Crippen LogP contribution in [-0.2, 0) is 11.2 Å². The van der Waals surface area contributed by atoms with Crippen LogP contribution >= 0.6 is 0 Å². The molecule has 32 heavy (non-hydrogen) atoms. The Morgan fingerprint density at radius 3 is 2.47 bits per heavy atom. The van der Waals surface area contributed by atoms with E-state index in [-0.39, 0.29) is 17.9 Å². The first-order valence-corrected chi connectivity index (χ1v) is 10.7. The monoisotopic (exact) mass is 429 g/mol. The lowest BCUT2D eigenvalue weighted by atomic mass is 10.1. The number of nitrogens with zero attached hydrogens (tertiary/aromatic N) is 1. The molecule has 0 bridgehead atoms. The number of carbonyl (C=O) groups is 2. The lowest BCUT2D eigenvalue weighted by molar-refractivity contribution is -0.117. The molecule has 0 aliphatic heterocycles. The molecule has 0 unspecified atom stereocenters. The van der Waals surface area contributed by atoms with E-state index in [4.69, 9.17) is 4.74 Å². The molecule has 1 aliphatic carbocycles. The largest absolute Gasteiger partial charge is 0.495 e. The highest BCUT2D eigenvalue weighted by Crippen LogP contribution is 2.34. The van der Waals surface area contributed by atoms with E-state index in [1.165, 1.54) is 11.1 Å². The van der Waals surface area contributed by atoms with Crippen molar-refractivity contribution >= 4 is 23.2 Å². The van der Waals surface area contributed by atoms with Crippen molar-refractivity contribution < 1.29 is 14.3 Å². The smallest absolute Gasteiger partial charge is 0.255 e. The van der Waals surface area contributed by atoms with Gasteiger partial charge in [-0.2, -0.15) is 0 Å². The maximum Gasteiger partial charge on any atom is 0.255 e. The first-order chi connectivity index (χ1) is 15.5. The first-order valence-electron chi connectivity index (χ1n) is 10.7. The Morgan fingerprint density at radius 1 is 0.969 bits per heavy atom. The van der Waals surface area contributed by atoms with E-state index in [1.54, 1.807) is 43.5 Å². The van der Waals surface area contributed by atoms with E-state index in [0.717, 1.165) is 12.8 Å². The lowest BCUT2D eigenvalue weighted by Crippen LogP contribution is -2.32. The highest BCUT2D eigenvalue weighted by atomic mass is 16.5. The quantitative estimate of drug-likeness (QED) is 0.580. The topological polar surface area (TPSA) is 70.7 Å². The maximum absolute atomic E-state index is 12.6. The Balaban J connectivity index is 1.33. The van der Waals surface area contributed by atoms with Crippen molar-refractivity contribution in [1.82, 2.24) is 4.90 Å². The molecule has 0 heterocycles. The molecule has 0 saturated heterocycles. The summed E-state index contributed by atoms with van der Waals surface area (Å²) in [6.45, 7) is 0.301. The number of amides is 2. The van der Waals surface area contributed by atoms with Gasteiger partial charge in [-0.05, 0) is 67.4 Å². The van der Waals surface area contributed by atoms with Crippen LogP contribution in [0.5, 0.6) is 5.75 Å². The zero-order valence-corrected chi connectivity index (χ0v) is 18.3. The lowest BCUT2D eigenvalue weighted by Gasteiger charge is -2.24. The second kappa shape index (κ2) is 9.66. The molecular formula is C26H27N3O3. The average molecular weight is 430 g/mol. The molecule has 6 nitrogen and oxygen atoms in total. The minimum Gasteiger partial charge on any atom is -0.495 e. The molecule has 3 aromatic carbocycles. The van der Waals surface area contributed by atoms with Gasteiger partial charge in [0.2, 0.25) is 5.91 Å². The maximum atomic E-state index is 12.6. The molecule has 0 radical (unpaired) electrons. The second-order valence-electron chi connectivity index (χ2n) is 7.95. The third-order valence-corrected chi connectivity index (χ3v) is 5.81. The van der Waals surface area contributed by atoms with Gasteiger partial charge in [0.05, 0.1) is 19.3 Å². The zero-order valence-electron chi connectivity index (χ0n) is 18.3. The van der Waals surface area contributed by atoms with Crippen molar-refractivity contribution in [3.8, 4) is 5.75 Å². The summed E-state index contributed by atoms with van der Waals surface area (Å²) in [5.74, 6) is 0.272. The summed E-state index contributed by atoms with van der Waals surface area (Å²) in [6, 6.07) is 22.8. The van der Waals surface area contributed by atoms with Gasteiger partial charge < -0.3 is 15.4 Å². The Bertz CT molecular complexity index is 1110. The molecule has 0 fully saturated rings. The molecule has 1 atom stereocenters. The van der Waals surface area contributed by atoms with Crippen LogP contribution in [-0.4, -0.2) is 37.4 Å². The predicted octanol–water partition coefficient (Wildman–Crippen LogP) is 4.51. The molecule has 3 aromatic rings. The van der Waals surface area contributed by atoms with Gasteiger partial charge in [-0.15, -0.1) is 0 Å². The van der Waals surface area contributed by atoms with Crippen molar-refractivity contribution in [2.75, 3.05) is 31.3 Å². The standard InChI is InChI=1S/C26H27N3O3/c1-29(23-16-13-18-7-3-4-8-21(18)23)17-25(30)27-20-14-11-19(12-15-20)26(31)28-22-9-5-6-10-24(22)32-2/h3-12,14-15,23H,13,16-17H2,1-2H3,(H,27,30)(H,28,31)/t23-/m0/s1. The van der Waals surface area contributed by atoms with Gasteiger partial charge in [0, 0.05) is 17.3 Å². The Hall–Kier alpha value is -3.64. The number of hydrogen-bond acceptors (Lipinski definition) is 4. The molecule has 4 rings (SSSR count). The number of anilines is 2. The van der Waals surface area contributed by atoms with Crippen LogP contribution in [0.2, 0.25) is 0 Å². The number of methoxy groups -OCH3 is 1. The van der Waals surface area contributed by atoms with E-state index < -0.39 is 0 Å². The minimum atomic E-state index is -0.244. The van der Waals surface area contributed by atoms with Gasteiger partial charge in [0.1, 0.15) is 5.75 Å². The van der Waals surface area contributed by atoms with Crippen LogP contribution in [0.15, 0.2) is 72.8 Å². The highest BCUT2D eigenvalue weighted by molar-refractivity contribution is 6.05. The van der Waals surface area contributed by atoms with E-state index in [2.05, 4.69) is 39.8 Å². The summed E-state index contributed by atoms with van der Waals surface area (Å²) in [5.41, 5.74) is 4.44. The van der Waals surface area contributed by atoms with Gasteiger partial charge in [0.25, 0.3) is 5.91 Å². The van der Waals surface area contributed by atoms with E-state index in [0.29, 0.717) is 29.2 Å². The van der Waals surface area contributed by atoms with Gasteiger partial charge in [-0.1, -0.05) is 36.4 Å². The van der Waals surface area contributed by atoms with Crippen LogP contribution in [0, 0.1) is 0 Å². The van der Waals surface area contributed by atoms with E-state index in [1.807, 2.05) is 19.2 Å². The summed E-state index contributed by atoms with van der Waals surface area (Å²) >= 11 is 0. The summed E-state index contributed by atoms with van der Waals surface area (Å²) in [6.07, 6.45) is 2.07. The number of ether oxygens (including phenoxy) is 1. The summed E-state index contributed by atoms with van der Waals surface area (Å²) in [5, 5.41) is 5.77. The SMILES string of the molecule is COc1ccccc1NC(=O)c1ccc(NC(=O)CN(C)[C@H]2CCc3ccccc32)cc1. The molecule has 6 heteroatoms. The first kappa shape index (κ1) is 21.6. The fraction of sp³-hybridized carbons (Fsp3) is 0.231. The van der Waals surface area contributed by atoms with Crippen molar-refractivity contribution in [3.05, 3.63) is 89.5 Å². The van der Waals surface area contributed by atoms with Crippen molar-refractivity contribution in [2.45, 2.75) is 18.9 Å². The van der Waals surface area contributed by atoms with Crippen LogP contribution in [0.25, 0.3) is 0 Å². The van der Waals surface area contributed by atoms with Crippen LogP contribution < -0.4 is 15.4 Å². The predicted molar refractivity (Wildman–Crippen MR) is 126 cm³/mol. The van der Waals surface area contributed by atoms with Crippen LogP contribution in [0.1, 0.15) is 33.9 Å². The summed E-state index contributed by atoms with van der Waals surface area (Å²) in [4.78, 5) is 27.2. The number of benzene rings is 3. The minimum absolute atomic E-state index is 0.0805. The molecular weight excluding hydrogens is 402 g/mol. The number of likely N-dealkylation sites (N-methyl/N-ethyl adjacent to an activating group) is 1. The van der Waals surface area contributed by atoms with Crippen LogP contribution in [0.4, 0.5) is 11.4 Å². The van der Waals surface area contributed by atoms with Crippen LogP contribution in [0.3, 0.4) is 0 Å². The number of rotatable bonds is 7. The molecule has 0 spiro atoms. The Morgan fingerprint density at radius 2 is 1.69 bits per heavy atom. The number of para-hydroxylation sites is 2. The molecule has 0 aromatic heterocycles. The van der Waals surface area contributed by atoms with Gasteiger partial charge in [0.15, 0.2) is 0 Å². The van der Waals surface area contributed by atoms with E-state index >= 15 is 0 Å². The Kier molecular flexibility index (Phi) is 6.52. The van der Waals surface area contributed by atoms with Gasteiger partial charge >= 0.3 is 0 Å². The van der Waals surface area contributed by atoms with Crippen molar-refractivity contribution in [1.29, 1.82) is 0 Å². The molecule has 2 N–H and O–H groups in total. The average Bonchev–Trinajstić information content (AvgIpc) is 3.24. The molecule has 0 saturated carbocycles. The van der Waals surface area contributed by atoms with Crippen molar-refractivity contribution in [2.24, 2.45) is 0 Å². The number of nitrogens with one attached hydrogen (secondary N) is 2. The second-order valence-corrected chi connectivity index (χ2v) is 7.95. The van der Waals surface area contributed by atoms with E-state index in [9.17, 15) is 9.59 Å². The normalized spacial score (nSPS) is 14.7. The number of hydrogen-bond donors (Lipinski definition) is 2. The third kappa shape index (κ3) is 4.81. The highest BCUT2D eigenvalue weighted by Gasteiger charge is 2.26. The van der Waals surface area contributed by atoms with Crippen molar-refractivity contribution in [3.63, 3.8) is 0 Å². The zero-order chi connectivity index (χ0) is 22.5. The number of carbonyl (C=O) groups excluding carboxylic acids is 2. The summed E-state index contributed by atoms with van der Waals surface area (Å²) in [7, 11) is 3.54. The Labute approximate surface area is 188 Å². The number of fused-ring (bicyclic) bond motifs is 1. The molecule has 1 aliphatic rings. The fourth-order valence-corrected chi connectivity index (χ4v) is 4.18. The fourth-order valence-electron chi connectivity index (χ4n) is 4.18.